The lowest BCUT2D eigenvalue weighted by Crippen LogP contribution is -2.40. The third-order valence-corrected chi connectivity index (χ3v) is 3.82. The van der Waals surface area contributed by atoms with E-state index in [1.807, 2.05) is 0 Å². The van der Waals surface area contributed by atoms with E-state index >= 15 is 0 Å². The van der Waals surface area contributed by atoms with Crippen molar-refractivity contribution < 1.29 is 0 Å². The summed E-state index contributed by atoms with van der Waals surface area (Å²) in [5.74, 6) is 1.72. The van der Waals surface area contributed by atoms with Crippen LogP contribution in [0.25, 0.3) is 0 Å². The molecule has 100 valence electrons. The Morgan fingerprint density at radius 2 is 1.71 bits per heavy atom. The predicted octanol–water partition coefficient (Wildman–Crippen LogP) is 4.54. The lowest BCUT2D eigenvalue weighted by molar-refractivity contribution is 0.269. The van der Waals surface area contributed by atoms with E-state index in [9.17, 15) is 0 Å². The Bertz CT molecular complexity index is 236. The first-order chi connectivity index (χ1) is 7.88. The molecule has 0 aromatic heterocycles. The van der Waals surface area contributed by atoms with Gasteiger partial charge in [-0.2, -0.15) is 0 Å². The summed E-state index contributed by atoms with van der Waals surface area (Å²) in [6, 6.07) is 0. The van der Waals surface area contributed by atoms with Crippen LogP contribution in [0.15, 0.2) is 12.2 Å². The molecule has 1 saturated carbocycles. The molecule has 1 aliphatic rings. The van der Waals surface area contributed by atoms with E-state index in [1.165, 1.54) is 50.6 Å². The van der Waals surface area contributed by atoms with Gasteiger partial charge in [-0.3, -0.25) is 0 Å². The fourth-order valence-electron chi connectivity index (χ4n) is 2.88. The van der Waals surface area contributed by atoms with E-state index < -0.39 is 0 Å². The van der Waals surface area contributed by atoms with E-state index in [-0.39, 0.29) is 5.54 Å². The monoisotopic (exact) mass is 237 g/mol. The maximum Gasteiger partial charge on any atom is 0.00966 e. The molecule has 1 heteroatoms. The number of hydrogen-bond acceptors (Lipinski definition) is 1. The van der Waals surface area contributed by atoms with Gasteiger partial charge in [0.15, 0.2) is 0 Å². The van der Waals surface area contributed by atoms with Crippen LogP contribution >= 0.6 is 0 Å². The number of allylic oxidation sites excluding steroid dienone is 1. The molecule has 0 saturated heterocycles. The van der Waals surface area contributed by atoms with Crippen LogP contribution in [0.2, 0.25) is 0 Å². The Morgan fingerprint density at radius 1 is 1.12 bits per heavy atom. The molecule has 1 N–H and O–H groups in total. The van der Waals surface area contributed by atoms with Crippen molar-refractivity contribution in [3.63, 3.8) is 0 Å². The molecule has 17 heavy (non-hydrogen) atoms. The van der Waals surface area contributed by atoms with Crippen molar-refractivity contribution in [1.29, 1.82) is 0 Å². The average molecular weight is 237 g/mol. The molecule has 0 aromatic rings. The Morgan fingerprint density at radius 3 is 2.24 bits per heavy atom. The first-order valence-corrected chi connectivity index (χ1v) is 7.28. The van der Waals surface area contributed by atoms with E-state index in [4.69, 9.17) is 0 Å². The summed E-state index contributed by atoms with van der Waals surface area (Å²) in [6.45, 7) is 14.2. The molecular weight excluding hydrogens is 206 g/mol. The van der Waals surface area contributed by atoms with Crippen molar-refractivity contribution in [1.82, 2.24) is 5.32 Å². The van der Waals surface area contributed by atoms with Crippen LogP contribution in [-0.2, 0) is 0 Å². The highest BCUT2D eigenvalue weighted by atomic mass is 14.9. The molecule has 0 radical (unpaired) electrons. The highest BCUT2D eigenvalue weighted by Gasteiger charge is 2.24. The summed E-state index contributed by atoms with van der Waals surface area (Å²) < 4.78 is 0. The third-order valence-electron chi connectivity index (χ3n) is 3.82. The standard InChI is InChI=1S/C16H31N/c1-13(2)11-14-9-7-6-8-10-15(14)12-17-16(3,4)5/h14-15,17H,1,6-12H2,2-5H3. The second-order valence-electron chi connectivity index (χ2n) is 6.95. The molecule has 0 aromatic carbocycles. The van der Waals surface area contributed by atoms with Crippen LogP contribution in [-0.4, -0.2) is 12.1 Å². The summed E-state index contributed by atoms with van der Waals surface area (Å²) in [5, 5.41) is 3.69. The Kier molecular flexibility index (Phi) is 5.72. The fourth-order valence-corrected chi connectivity index (χ4v) is 2.88. The van der Waals surface area contributed by atoms with Gasteiger partial charge >= 0.3 is 0 Å². The topological polar surface area (TPSA) is 12.0 Å². The lowest BCUT2D eigenvalue weighted by atomic mass is 9.83. The maximum absolute atomic E-state index is 4.10. The Labute approximate surface area is 108 Å². The molecule has 2 unspecified atom stereocenters. The number of rotatable bonds is 4. The smallest absolute Gasteiger partial charge is 0.00966 e. The van der Waals surface area contributed by atoms with Crippen LogP contribution in [0.1, 0.15) is 66.2 Å². The molecule has 1 aliphatic carbocycles. The second-order valence-corrected chi connectivity index (χ2v) is 6.95. The summed E-state index contributed by atoms with van der Waals surface area (Å²) in [7, 11) is 0. The van der Waals surface area contributed by atoms with E-state index in [1.54, 1.807) is 0 Å². The van der Waals surface area contributed by atoms with Crippen molar-refractivity contribution in [3.8, 4) is 0 Å². The molecule has 0 spiro atoms. The van der Waals surface area contributed by atoms with Gasteiger partial charge in [-0.25, -0.2) is 0 Å². The summed E-state index contributed by atoms with van der Waals surface area (Å²) >= 11 is 0. The minimum Gasteiger partial charge on any atom is -0.312 e. The molecule has 0 aliphatic heterocycles. The average Bonchev–Trinajstić information content (AvgIpc) is 2.38. The maximum atomic E-state index is 4.10. The minimum absolute atomic E-state index is 0.250. The molecule has 1 rings (SSSR count). The predicted molar refractivity (Wildman–Crippen MR) is 77.3 cm³/mol. The van der Waals surface area contributed by atoms with Gasteiger partial charge in [-0.05, 0) is 65.3 Å². The van der Waals surface area contributed by atoms with E-state index in [0.717, 1.165) is 11.8 Å². The van der Waals surface area contributed by atoms with Gasteiger partial charge < -0.3 is 5.32 Å². The molecule has 0 amide bonds. The highest BCUT2D eigenvalue weighted by molar-refractivity contribution is 4.93. The van der Waals surface area contributed by atoms with Gasteiger partial charge in [0.25, 0.3) is 0 Å². The second kappa shape index (κ2) is 6.58. The molecule has 1 nitrogen and oxygen atoms in total. The molecular formula is C16H31N. The van der Waals surface area contributed by atoms with Crippen LogP contribution in [0, 0.1) is 11.8 Å². The third kappa shape index (κ3) is 6.26. The van der Waals surface area contributed by atoms with Gasteiger partial charge in [-0.1, -0.05) is 24.8 Å². The lowest BCUT2D eigenvalue weighted by Gasteiger charge is -2.30. The van der Waals surface area contributed by atoms with Gasteiger partial charge in [0.1, 0.15) is 0 Å². The van der Waals surface area contributed by atoms with Crippen molar-refractivity contribution >= 4 is 0 Å². The van der Waals surface area contributed by atoms with Crippen molar-refractivity contribution in [2.45, 2.75) is 71.8 Å². The molecule has 0 heterocycles. The Balaban J connectivity index is 2.52. The van der Waals surface area contributed by atoms with E-state index in [0.29, 0.717) is 0 Å². The normalized spacial score (nSPS) is 26.6. The van der Waals surface area contributed by atoms with Crippen LogP contribution < -0.4 is 5.32 Å². The van der Waals surface area contributed by atoms with Crippen molar-refractivity contribution in [3.05, 3.63) is 12.2 Å². The first kappa shape index (κ1) is 14.8. The van der Waals surface area contributed by atoms with Crippen LogP contribution in [0.4, 0.5) is 0 Å². The zero-order valence-electron chi connectivity index (χ0n) is 12.3. The zero-order valence-corrected chi connectivity index (χ0v) is 12.3. The first-order valence-electron chi connectivity index (χ1n) is 7.28. The zero-order chi connectivity index (χ0) is 12.9. The SMILES string of the molecule is C=C(C)CC1CCCCCC1CNC(C)(C)C. The Hall–Kier alpha value is -0.300. The number of hydrogen-bond donors (Lipinski definition) is 1. The van der Waals surface area contributed by atoms with Crippen molar-refractivity contribution in [2.24, 2.45) is 11.8 Å². The van der Waals surface area contributed by atoms with Crippen LogP contribution in [0.5, 0.6) is 0 Å². The van der Waals surface area contributed by atoms with Crippen molar-refractivity contribution in [2.75, 3.05) is 6.54 Å². The largest absolute Gasteiger partial charge is 0.312 e. The molecule has 0 bridgehead atoms. The fraction of sp³-hybridized carbons (Fsp3) is 0.875. The van der Waals surface area contributed by atoms with Gasteiger partial charge in [0, 0.05) is 5.54 Å². The summed E-state index contributed by atoms with van der Waals surface area (Å²) in [4.78, 5) is 0. The van der Waals surface area contributed by atoms with Gasteiger partial charge in [0.2, 0.25) is 0 Å². The quantitative estimate of drug-likeness (QED) is 0.559. The summed E-state index contributed by atoms with van der Waals surface area (Å²) in [6.07, 6.45) is 8.31. The highest BCUT2D eigenvalue weighted by Crippen LogP contribution is 2.32. The number of nitrogens with one attached hydrogen (secondary N) is 1. The molecule has 2 atom stereocenters. The van der Waals surface area contributed by atoms with Gasteiger partial charge in [-0.15, -0.1) is 6.58 Å². The molecule has 1 fully saturated rings. The van der Waals surface area contributed by atoms with Crippen LogP contribution in [0.3, 0.4) is 0 Å². The summed E-state index contributed by atoms with van der Waals surface area (Å²) in [5.41, 5.74) is 1.61. The van der Waals surface area contributed by atoms with Gasteiger partial charge in [0.05, 0.1) is 0 Å². The van der Waals surface area contributed by atoms with E-state index in [2.05, 4.69) is 39.6 Å². The minimum atomic E-state index is 0.250.